The van der Waals surface area contributed by atoms with E-state index in [2.05, 4.69) is 20.7 Å². The van der Waals surface area contributed by atoms with E-state index >= 15 is 0 Å². The second-order valence-corrected chi connectivity index (χ2v) is 4.71. The first-order chi connectivity index (χ1) is 10.7. The Morgan fingerprint density at radius 2 is 1.26 bits per heavy atom. The van der Waals surface area contributed by atoms with E-state index in [0.29, 0.717) is 0 Å². The third-order valence-electron chi connectivity index (χ3n) is 3.03. The highest BCUT2D eigenvalue weighted by Gasteiger charge is 1.97. The number of nitrogens with one attached hydrogen (secondary N) is 1. The van der Waals surface area contributed by atoms with Crippen LogP contribution in [0, 0.1) is 0 Å². The molecule has 0 radical (unpaired) electrons. The van der Waals surface area contributed by atoms with Gasteiger partial charge < -0.3 is 5.73 Å². The maximum Gasteiger partial charge on any atom is 0.234 e. The molecule has 0 aromatic heterocycles. The average molecular weight is 330 g/mol. The van der Waals surface area contributed by atoms with Crippen LogP contribution in [0.15, 0.2) is 76.0 Å². The van der Waals surface area contributed by atoms with E-state index in [-0.39, 0.29) is 18.4 Å². The van der Waals surface area contributed by atoms with Crippen LogP contribution >= 0.6 is 12.4 Å². The standard InChI is InChI=1S/C17H19N5.ClH/c1-13(15-9-5-3-6-10-15)19-21-17(18)22-20-14(2)16-11-7-4-8-12-16;/h3-12H,1-2H3,(H3,18,21,22);1H/b19-13+,20-14+;. The van der Waals surface area contributed by atoms with Crippen molar-refractivity contribution in [2.45, 2.75) is 13.8 Å². The molecule has 2 rings (SSSR count). The Kier molecular flexibility index (Phi) is 7.50. The third kappa shape index (κ3) is 5.92. The van der Waals surface area contributed by atoms with Gasteiger partial charge in [-0.05, 0) is 25.0 Å². The Hall–Kier alpha value is -2.66. The zero-order valence-corrected chi connectivity index (χ0v) is 13.9. The van der Waals surface area contributed by atoms with Gasteiger partial charge in [0.05, 0.1) is 11.4 Å². The lowest BCUT2D eigenvalue weighted by Gasteiger charge is -2.02. The number of halogens is 1. The monoisotopic (exact) mass is 329 g/mol. The van der Waals surface area contributed by atoms with Crippen LogP contribution < -0.4 is 11.2 Å². The van der Waals surface area contributed by atoms with Crippen LogP contribution in [0.5, 0.6) is 0 Å². The number of guanidine groups is 1. The number of hydrogen-bond acceptors (Lipinski definition) is 3. The third-order valence-corrected chi connectivity index (χ3v) is 3.03. The van der Waals surface area contributed by atoms with Crippen molar-refractivity contribution in [2.24, 2.45) is 21.0 Å². The quantitative estimate of drug-likeness (QED) is 0.513. The minimum absolute atomic E-state index is 0. The fraction of sp³-hybridized carbons (Fsp3) is 0.118. The van der Waals surface area contributed by atoms with Crippen molar-refractivity contribution in [2.75, 3.05) is 0 Å². The van der Waals surface area contributed by atoms with Crippen molar-refractivity contribution in [1.82, 2.24) is 5.43 Å². The molecule has 0 bridgehead atoms. The van der Waals surface area contributed by atoms with Crippen LogP contribution in [0.3, 0.4) is 0 Å². The summed E-state index contributed by atoms with van der Waals surface area (Å²) in [5.74, 6) is 0.144. The minimum Gasteiger partial charge on any atom is -0.367 e. The molecule has 120 valence electrons. The predicted molar refractivity (Wildman–Crippen MR) is 99.3 cm³/mol. The van der Waals surface area contributed by atoms with Crippen molar-refractivity contribution < 1.29 is 0 Å². The van der Waals surface area contributed by atoms with E-state index in [4.69, 9.17) is 5.73 Å². The van der Waals surface area contributed by atoms with Crippen LogP contribution in [0.4, 0.5) is 0 Å². The number of benzene rings is 2. The van der Waals surface area contributed by atoms with Gasteiger partial charge in [0.15, 0.2) is 0 Å². The molecule has 0 aliphatic carbocycles. The van der Waals surface area contributed by atoms with Gasteiger partial charge in [-0.1, -0.05) is 60.7 Å². The van der Waals surface area contributed by atoms with Crippen molar-refractivity contribution in [3.63, 3.8) is 0 Å². The Morgan fingerprint density at radius 1 is 0.783 bits per heavy atom. The first-order valence-electron chi connectivity index (χ1n) is 6.95. The number of nitrogens with two attached hydrogens (primary N) is 1. The smallest absolute Gasteiger partial charge is 0.234 e. The summed E-state index contributed by atoms with van der Waals surface area (Å²) >= 11 is 0. The van der Waals surface area contributed by atoms with Gasteiger partial charge in [-0.3, -0.25) is 0 Å². The van der Waals surface area contributed by atoms with E-state index in [9.17, 15) is 0 Å². The molecule has 0 unspecified atom stereocenters. The summed E-state index contributed by atoms with van der Waals surface area (Å²) in [5.41, 5.74) is 12.1. The molecule has 3 N–H and O–H groups in total. The fourth-order valence-electron chi connectivity index (χ4n) is 1.77. The van der Waals surface area contributed by atoms with Crippen molar-refractivity contribution in [1.29, 1.82) is 0 Å². The molecule has 6 heteroatoms. The van der Waals surface area contributed by atoms with Gasteiger partial charge in [0.1, 0.15) is 0 Å². The van der Waals surface area contributed by atoms with Gasteiger partial charge >= 0.3 is 0 Å². The molecule has 0 aliphatic heterocycles. The molecular weight excluding hydrogens is 310 g/mol. The predicted octanol–water partition coefficient (Wildman–Crippen LogP) is 3.16. The maximum absolute atomic E-state index is 5.75. The van der Waals surface area contributed by atoms with Crippen LogP contribution in [0.25, 0.3) is 0 Å². The summed E-state index contributed by atoms with van der Waals surface area (Å²) in [6.07, 6.45) is 0. The highest BCUT2D eigenvalue weighted by molar-refractivity contribution is 6.00. The van der Waals surface area contributed by atoms with E-state index < -0.39 is 0 Å². The Bertz CT molecular complexity index is 693. The highest BCUT2D eigenvalue weighted by atomic mass is 35.5. The van der Waals surface area contributed by atoms with Gasteiger partial charge in [0.2, 0.25) is 5.96 Å². The van der Waals surface area contributed by atoms with Gasteiger partial charge in [0.25, 0.3) is 0 Å². The summed E-state index contributed by atoms with van der Waals surface area (Å²) < 4.78 is 0. The lowest BCUT2D eigenvalue weighted by molar-refractivity contribution is 0.983. The largest absolute Gasteiger partial charge is 0.367 e. The van der Waals surface area contributed by atoms with Crippen LogP contribution in [0.2, 0.25) is 0 Å². The lowest BCUT2D eigenvalue weighted by atomic mass is 10.1. The van der Waals surface area contributed by atoms with Gasteiger partial charge in [0, 0.05) is 0 Å². The molecule has 0 fully saturated rings. The molecule has 0 aliphatic rings. The van der Waals surface area contributed by atoms with E-state index in [1.165, 1.54) is 0 Å². The zero-order valence-electron chi connectivity index (χ0n) is 13.1. The summed E-state index contributed by atoms with van der Waals surface area (Å²) in [6.45, 7) is 3.78. The molecular formula is C17H20ClN5. The molecule has 2 aromatic rings. The number of hydrazone groups is 1. The van der Waals surface area contributed by atoms with Crippen LogP contribution in [-0.4, -0.2) is 17.4 Å². The maximum atomic E-state index is 5.75. The van der Waals surface area contributed by atoms with Crippen molar-refractivity contribution in [3.8, 4) is 0 Å². The fourth-order valence-corrected chi connectivity index (χ4v) is 1.77. The van der Waals surface area contributed by atoms with E-state index in [1.54, 1.807) is 0 Å². The summed E-state index contributed by atoms with van der Waals surface area (Å²) in [5, 5.41) is 12.2. The topological polar surface area (TPSA) is 75.1 Å². The number of rotatable bonds is 4. The first kappa shape index (κ1) is 18.4. The molecule has 0 heterocycles. The van der Waals surface area contributed by atoms with Crippen LogP contribution in [-0.2, 0) is 0 Å². The minimum atomic E-state index is 0. The summed E-state index contributed by atoms with van der Waals surface area (Å²) in [7, 11) is 0. The summed E-state index contributed by atoms with van der Waals surface area (Å²) in [4.78, 5) is 0. The molecule has 0 atom stereocenters. The van der Waals surface area contributed by atoms with Gasteiger partial charge in [-0.25, -0.2) is 5.43 Å². The van der Waals surface area contributed by atoms with Gasteiger partial charge in [-0.15, -0.1) is 17.5 Å². The van der Waals surface area contributed by atoms with Gasteiger partial charge in [-0.2, -0.15) is 10.2 Å². The van der Waals surface area contributed by atoms with E-state index in [1.807, 2.05) is 74.5 Å². The number of nitrogens with zero attached hydrogens (tertiary/aromatic N) is 3. The average Bonchev–Trinajstić information content (AvgIpc) is 2.59. The first-order valence-corrected chi connectivity index (χ1v) is 6.95. The molecule has 0 saturated heterocycles. The lowest BCUT2D eigenvalue weighted by Crippen LogP contribution is -2.27. The normalized spacial score (nSPS) is 12.5. The molecule has 0 amide bonds. The SMILES string of the molecule is C/C(=N\N=C(N)N/N=C(\C)c1ccccc1)c1ccccc1.Cl. The molecule has 0 saturated carbocycles. The zero-order chi connectivity index (χ0) is 15.8. The Morgan fingerprint density at radius 3 is 1.78 bits per heavy atom. The Labute approximate surface area is 142 Å². The second-order valence-electron chi connectivity index (χ2n) is 4.71. The van der Waals surface area contributed by atoms with Crippen molar-refractivity contribution >= 4 is 29.8 Å². The molecule has 0 spiro atoms. The van der Waals surface area contributed by atoms with Crippen LogP contribution in [0.1, 0.15) is 25.0 Å². The molecule has 2 aromatic carbocycles. The highest BCUT2D eigenvalue weighted by Crippen LogP contribution is 2.01. The molecule has 23 heavy (non-hydrogen) atoms. The summed E-state index contributed by atoms with van der Waals surface area (Å²) in [6, 6.07) is 19.6. The Balaban J connectivity index is 0.00000264. The van der Waals surface area contributed by atoms with Crippen molar-refractivity contribution in [3.05, 3.63) is 71.8 Å². The van der Waals surface area contributed by atoms with E-state index in [0.717, 1.165) is 22.6 Å². The molecule has 5 nitrogen and oxygen atoms in total. The second kappa shape index (κ2) is 9.38. The number of hydrogen-bond donors (Lipinski definition) is 2.